The Morgan fingerprint density at radius 3 is 2.93 bits per heavy atom. The van der Waals surface area contributed by atoms with Gasteiger partial charge < -0.3 is 10.6 Å². The minimum absolute atomic E-state index is 0.278. The molecule has 1 aliphatic heterocycles. The van der Waals surface area contributed by atoms with E-state index < -0.39 is 0 Å². The minimum atomic E-state index is 0.278. The Balaban J connectivity index is 2.36. The SMILES string of the molecule is CC(C)CCN1CC(CN)SCC1=O. The lowest BCUT2D eigenvalue weighted by Crippen LogP contribution is -2.45. The summed E-state index contributed by atoms with van der Waals surface area (Å²) in [6, 6.07) is 0. The first kappa shape index (κ1) is 11.9. The van der Waals surface area contributed by atoms with E-state index in [1.165, 1.54) is 0 Å². The normalized spacial score (nSPS) is 23.3. The van der Waals surface area contributed by atoms with E-state index in [1.54, 1.807) is 11.8 Å². The highest BCUT2D eigenvalue weighted by Crippen LogP contribution is 2.19. The van der Waals surface area contributed by atoms with E-state index in [0.29, 0.717) is 23.5 Å². The number of nitrogens with zero attached hydrogens (tertiary/aromatic N) is 1. The monoisotopic (exact) mass is 216 g/mol. The van der Waals surface area contributed by atoms with Gasteiger partial charge in [-0.1, -0.05) is 13.8 Å². The second-order valence-electron chi connectivity index (χ2n) is 4.19. The molecule has 82 valence electrons. The topological polar surface area (TPSA) is 46.3 Å². The molecule has 0 saturated carbocycles. The summed E-state index contributed by atoms with van der Waals surface area (Å²) in [6.07, 6.45) is 1.09. The van der Waals surface area contributed by atoms with Crippen LogP contribution in [0.4, 0.5) is 0 Å². The minimum Gasteiger partial charge on any atom is -0.341 e. The van der Waals surface area contributed by atoms with Crippen LogP contribution in [-0.2, 0) is 4.79 Å². The number of rotatable bonds is 4. The molecule has 1 atom stereocenters. The predicted molar refractivity (Wildman–Crippen MR) is 61.3 cm³/mol. The van der Waals surface area contributed by atoms with Crippen LogP contribution in [0.3, 0.4) is 0 Å². The first-order chi connectivity index (χ1) is 6.63. The number of hydrogen-bond acceptors (Lipinski definition) is 3. The van der Waals surface area contributed by atoms with Gasteiger partial charge in [0, 0.05) is 24.9 Å². The standard InChI is InChI=1S/C10H20N2OS/c1-8(2)3-4-12-6-9(5-11)14-7-10(12)13/h8-9H,3-7,11H2,1-2H3. The van der Waals surface area contributed by atoms with Gasteiger partial charge in [-0.3, -0.25) is 4.79 Å². The Morgan fingerprint density at radius 2 is 2.36 bits per heavy atom. The molecule has 1 fully saturated rings. The van der Waals surface area contributed by atoms with Gasteiger partial charge in [-0.25, -0.2) is 0 Å². The molecule has 1 rings (SSSR count). The zero-order valence-corrected chi connectivity index (χ0v) is 9.85. The van der Waals surface area contributed by atoms with Gasteiger partial charge in [0.15, 0.2) is 0 Å². The third-order valence-electron chi connectivity index (χ3n) is 2.46. The van der Waals surface area contributed by atoms with E-state index in [0.717, 1.165) is 19.5 Å². The maximum Gasteiger partial charge on any atom is 0.232 e. The average Bonchev–Trinajstić information content (AvgIpc) is 2.16. The third kappa shape index (κ3) is 3.50. The average molecular weight is 216 g/mol. The third-order valence-corrected chi connectivity index (χ3v) is 3.69. The molecule has 1 amide bonds. The molecule has 0 bridgehead atoms. The zero-order chi connectivity index (χ0) is 10.6. The number of thioether (sulfide) groups is 1. The molecule has 4 heteroatoms. The predicted octanol–water partition coefficient (Wildman–Crippen LogP) is 0.935. The van der Waals surface area contributed by atoms with E-state index in [2.05, 4.69) is 13.8 Å². The van der Waals surface area contributed by atoms with Gasteiger partial charge in [0.1, 0.15) is 0 Å². The maximum atomic E-state index is 11.5. The molecule has 0 aromatic rings. The van der Waals surface area contributed by atoms with Crippen molar-refractivity contribution < 1.29 is 4.79 Å². The summed E-state index contributed by atoms with van der Waals surface area (Å²) < 4.78 is 0. The van der Waals surface area contributed by atoms with Crippen LogP contribution in [0.25, 0.3) is 0 Å². The Labute approximate surface area is 90.4 Å². The summed E-state index contributed by atoms with van der Waals surface area (Å²) >= 11 is 1.69. The quantitative estimate of drug-likeness (QED) is 0.760. The lowest BCUT2D eigenvalue weighted by atomic mass is 10.1. The van der Waals surface area contributed by atoms with Gasteiger partial charge >= 0.3 is 0 Å². The van der Waals surface area contributed by atoms with E-state index >= 15 is 0 Å². The molecule has 3 nitrogen and oxygen atoms in total. The Bertz CT molecular complexity index is 197. The smallest absolute Gasteiger partial charge is 0.232 e. The van der Waals surface area contributed by atoms with Crippen LogP contribution in [0.15, 0.2) is 0 Å². The summed E-state index contributed by atoms with van der Waals surface area (Å²) in [4.78, 5) is 13.5. The van der Waals surface area contributed by atoms with Gasteiger partial charge in [0.05, 0.1) is 5.75 Å². The van der Waals surface area contributed by atoms with Gasteiger partial charge in [0.2, 0.25) is 5.91 Å². The number of hydrogen-bond donors (Lipinski definition) is 1. The van der Waals surface area contributed by atoms with Crippen molar-refractivity contribution in [2.24, 2.45) is 11.7 Å². The number of nitrogens with two attached hydrogens (primary N) is 1. The van der Waals surface area contributed by atoms with E-state index in [4.69, 9.17) is 5.73 Å². The van der Waals surface area contributed by atoms with Crippen LogP contribution in [0.2, 0.25) is 0 Å². The molecule has 1 heterocycles. The molecule has 1 unspecified atom stereocenters. The molecule has 1 aliphatic rings. The van der Waals surface area contributed by atoms with Crippen molar-refractivity contribution in [1.82, 2.24) is 4.90 Å². The fourth-order valence-corrected chi connectivity index (χ4v) is 2.44. The van der Waals surface area contributed by atoms with Crippen molar-refractivity contribution in [3.63, 3.8) is 0 Å². The molecule has 0 aromatic heterocycles. The van der Waals surface area contributed by atoms with E-state index in [1.807, 2.05) is 4.90 Å². The first-order valence-corrected chi connectivity index (χ1v) is 6.27. The van der Waals surface area contributed by atoms with Crippen LogP contribution >= 0.6 is 11.8 Å². The number of carbonyl (C=O) groups is 1. The highest BCUT2D eigenvalue weighted by molar-refractivity contribution is 8.00. The Hall–Kier alpha value is -0.220. The van der Waals surface area contributed by atoms with Crippen molar-refractivity contribution in [1.29, 1.82) is 0 Å². The van der Waals surface area contributed by atoms with Crippen molar-refractivity contribution in [2.75, 3.05) is 25.4 Å². The second kappa shape index (κ2) is 5.61. The van der Waals surface area contributed by atoms with Crippen LogP contribution in [0.5, 0.6) is 0 Å². The molecule has 1 saturated heterocycles. The van der Waals surface area contributed by atoms with Gasteiger partial charge in [-0.05, 0) is 12.3 Å². The fourth-order valence-electron chi connectivity index (χ4n) is 1.45. The molecule has 2 N–H and O–H groups in total. The van der Waals surface area contributed by atoms with Crippen molar-refractivity contribution in [2.45, 2.75) is 25.5 Å². The second-order valence-corrected chi connectivity index (χ2v) is 5.48. The largest absolute Gasteiger partial charge is 0.341 e. The first-order valence-electron chi connectivity index (χ1n) is 5.23. The molecule has 14 heavy (non-hydrogen) atoms. The molecule has 0 aromatic carbocycles. The summed E-state index contributed by atoms with van der Waals surface area (Å²) in [5.74, 6) is 1.55. The van der Waals surface area contributed by atoms with Crippen LogP contribution < -0.4 is 5.73 Å². The Morgan fingerprint density at radius 1 is 1.64 bits per heavy atom. The van der Waals surface area contributed by atoms with Gasteiger partial charge in [0.25, 0.3) is 0 Å². The highest BCUT2D eigenvalue weighted by atomic mass is 32.2. The van der Waals surface area contributed by atoms with Crippen LogP contribution in [0, 0.1) is 5.92 Å². The molecule has 0 radical (unpaired) electrons. The van der Waals surface area contributed by atoms with Gasteiger partial charge in [-0.2, -0.15) is 0 Å². The molecule has 0 aliphatic carbocycles. The lowest BCUT2D eigenvalue weighted by molar-refractivity contribution is -0.128. The molecular weight excluding hydrogens is 196 g/mol. The molecular formula is C10H20N2OS. The van der Waals surface area contributed by atoms with Crippen LogP contribution in [-0.4, -0.2) is 41.4 Å². The van der Waals surface area contributed by atoms with Gasteiger partial charge in [-0.15, -0.1) is 11.8 Å². The van der Waals surface area contributed by atoms with E-state index in [9.17, 15) is 4.79 Å². The summed E-state index contributed by atoms with van der Waals surface area (Å²) in [5.41, 5.74) is 5.61. The van der Waals surface area contributed by atoms with Crippen LogP contribution in [0.1, 0.15) is 20.3 Å². The van der Waals surface area contributed by atoms with Crippen molar-refractivity contribution >= 4 is 17.7 Å². The fraction of sp³-hybridized carbons (Fsp3) is 0.900. The zero-order valence-electron chi connectivity index (χ0n) is 9.03. The highest BCUT2D eigenvalue weighted by Gasteiger charge is 2.24. The maximum absolute atomic E-state index is 11.5. The number of amides is 1. The summed E-state index contributed by atoms with van der Waals surface area (Å²) in [7, 11) is 0. The molecule has 0 spiro atoms. The number of carbonyl (C=O) groups excluding carboxylic acids is 1. The lowest BCUT2D eigenvalue weighted by Gasteiger charge is -2.32. The van der Waals surface area contributed by atoms with E-state index in [-0.39, 0.29) is 5.91 Å². The Kier molecular flexibility index (Phi) is 4.75. The van der Waals surface area contributed by atoms with Crippen molar-refractivity contribution in [3.8, 4) is 0 Å². The summed E-state index contributed by atoms with van der Waals surface area (Å²) in [6.45, 7) is 6.78. The summed E-state index contributed by atoms with van der Waals surface area (Å²) in [5, 5.41) is 0.444. The van der Waals surface area contributed by atoms with Crippen molar-refractivity contribution in [3.05, 3.63) is 0 Å².